The molecule has 0 aliphatic carbocycles. The Hall–Kier alpha value is -11.9. The number of amidine groups is 2. The molecule has 2 aromatic heterocycles. The quantitative estimate of drug-likeness (QED) is 0.0124. The van der Waals surface area contributed by atoms with Crippen molar-refractivity contribution in [1.29, 1.82) is 0 Å². The van der Waals surface area contributed by atoms with Crippen LogP contribution in [0.25, 0.3) is 44.8 Å². The number of ether oxygens (including phenoxy) is 8. The van der Waals surface area contributed by atoms with E-state index in [1.807, 2.05) is 107 Å². The highest BCUT2D eigenvalue weighted by Gasteiger charge is 2.36. The van der Waals surface area contributed by atoms with Crippen molar-refractivity contribution in [2.24, 2.45) is 26.8 Å². The number of unbranched alkanes of at least 4 members (excludes halogenated alkanes) is 4. The Morgan fingerprint density at radius 3 is 1.12 bits per heavy atom. The third-order valence-electron chi connectivity index (χ3n) is 23.4. The molecule has 0 saturated carbocycles. The molecule has 144 heavy (non-hydrogen) atoms. The van der Waals surface area contributed by atoms with Gasteiger partial charge < -0.3 is 84.6 Å². The molecule has 3 atom stereocenters. The van der Waals surface area contributed by atoms with Crippen molar-refractivity contribution in [3.05, 3.63) is 205 Å². The van der Waals surface area contributed by atoms with Gasteiger partial charge in [-0.1, -0.05) is 173 Å². The highest BCUT2D eigenvalue weighted by Crippen LogP contribution is 2.40. The minimum atomic E-state index is -4.94. The van der Waals surface area contributed by atoms with E-state index in [1.165, 1.54) is 48.5 Å². The Balaban J connectivity index is 0.560. The van der Waals surface area contributed by atoms with Gasteiger partial charge in [0.25, 0.3) is 0 Å². The summed E-state index contributed by atoms with van der Waals surface area (Å²) >= 11 is 0. The average molecular weight is 2030 g/mol. The highest BCUT2D eigenvalue weighted by molar-refractivity contribution is 7.47. The number of nitrogens with two attached hydrogens (primary N) is 1. The molecule has 39 nitrogen and oxygen atoms in total. The zero-order chi connectivity index (χ0) is 102. The van der Waals surface area contributed by atoms with Gasteiger partial charge in [-0.25, -0.2) is 30.2 Å². The van der Waals surface area contributed by atoms with E-state index >= 15 is 0 Å². The summed E-state index contributed by atoms with van der Waals surface area (Å²) in [7, 11) is -9.80. The molecule has 6 aromatic carbocycles. The van der Waals surface area contributed by atoms with Crippen LogP contribution in [0.2, 0.25) is 0 Å². The molecule has 2 aliphatic rings. The number of hydrogen-bond donors (Lipinski definition) is 15. The smallest absolute Gasteiger partial charge is 0.478 e. The van der Waals surface area contributed by atoms with Gasteiger partial charge in [-0.15, -0.1) is 21.3 Å². The Kier molecular flexibility index (Phi) is 49.2. The van der Waals surface area contributed by atoms with Gasteiger partial charge in [0.1, 0.15) is 35.3 Å². The van der Waals surface area contributed by atoms with Gasteiger partial charge in [-0.05, 0) is 173 Å². The van der Waals surface area contributed by atoms with Crippen molar-refractivity contribution >= 4 is 62.8 Å². The molecule has 0 saturated heterocycles. The summed E-state index contributed by atoms with van der Waals surface area (Å²) in [6.45, 7) is 16.2. The molecule has 0 radical (unpaired) electrons. The number of nitrogens with zero attached hydrogens (tertiary/aromatic N) is 6. The molecule has 0 spiro atoms. The van der Waals surface area contributed by atoms with Gasteiger partial charge in [-0.2, -0.15) is 0 Å². The number of rotatable bonds is 72. The van der Waals surface area contributed by atoms with Crippen molar-refractivity contribution in [3.63, 3.8) is 0 Å². The first-order valence-corrected chi connectivity index (χ1v) is 52.5. The predicted octanol–water partition coefficient (Wildman–Crippen LogP) is 11.2. The van der Waals surface area contributed by atoms with Crippen LogP contribution in [0.4, 0.5) is 0 Å². The Morgan fingerprint density at radius 1 is 0.375 bits per heavy atom. The molecule has 0 unspecified atom stereocenters. The predicted molar refractivity (Wildman–Crippen MR) is 547 cm³/mol. The fraction of sp³-hybridized carbons (Fsp3) is 0.476. The topological polar surface area (TPSA) is 513 Å². The van der Waals surface area contributed by atoms with Gasteiger partial charge in [0.2, 0.25) is 47.2 Å². The number of phosphoric ester groups is 2. The lowest BCUT2D eigenvalue weighted by Crippen LogP contribution is -2.56. The van der Waals surface area contributed by atoms with E-state index in [-0.39, 0.29) is 99.3 Å². The molecule has 8 aromatic rings. The number of hydrazone groups is 2. The number of phosphoric acid groups is 2. The highest BCUT2D eigenvalue weighted by atomic mass is 31.2. The molecule has 0 bridgehead atoms. The number of nitrogens with one attached hydrogen (secondary N) is 10. The summed E-state index contributed by atoms with van der Waals surface area (Å²) < 4.78 is 79.1. The van der Waals surface area contributed by atoms with Crippen LogP contribution in [0.3, 0.4) is 0 Å². The van der Waals surface area contributed by atoms with Crippen molar-refractivity contribution in [2.45, 2.75) is 174 Å². The van der Waals surface area contributed by atoms with Crippen LogP contribution in [0, 0.1) is 10.8 Å². The average Bonchev–Trinajstić information content (AvgIpc) is 1.09. The molecular formula is C103H143N17O22P2. The lowest BCUT2D eigenvalue weighted by molar-refractivity contribution is -0.132. The Labute approximate surface area is 842 Å². The largest absolute Gasteiger partial charge is 0.524 e. The summed E-state index contributed by atoms with van der Waals surface area (Å²) in [4.78, 5) is 128. The van der Waals surface area contributed by atoms with Gasteiger partial charge >= 0.3 is 15.6 Å². The van der Waals surface area contributed by atoms with Crippen molar-refractivity contribution < 1.29 is 104 Å². The van der Waals surface area contributed by atoms with Crippen LogP contribution in [0.15, 0.2) is 204 Å². The van der Waals surface area contributed by atoms with Gasteiger partial charge in [0.05, 0.1) is 83.5 Å². The number of carbonyl (C=O) groups is 6. The number of amides is 6. The normalized spacial score (nSPS) is 13.3. The molecule has 0 fully saturated rings. The summed E-state index contributed by atoms with van der Waals surface area (Å²) in [5, 5.41) is 30.2. The zero-order valence-corrected chi connectivity index (χ0v) is 84.6. The second-order valence-corrected chi connectivity index (χ2v) is 38.4. The van der Waals surface area contributed by atoms with E-state index < -0.39 is 57.4 Å². The van der Waals surface area contributed by atoms with Crippen LogP contribution in [-0.4, -0.2) is 237 Å². The van der Waals surface area contributed by atoms with E-state index in [4.69, 9.17) is 58.1 Å². The number of carbonyl (C=O) groups excluding carboxylic acids is 6. The molecule has 10 rings (SSSR count). The molecule has 6 amide bonds. The van der Waals surface area contributed by atoms with Crippen LogP contribution >= 0.6 is 15.6 Å². The van der Waals surface area contributed by atoms with E-state index in [0.29, 0.717) is 167 Å². The minimum absolute atomic E-state index is 0.0198. The molecule has 4 heterocycles. The summed E-state index contributed by atoms with van der Waals surface area (Å²) in [5.74, 6) is -0.0811. The fourth-order valence-corrected chi connectivity index (χ4v) is 16.5. The number of hydrazine groups is 4. The van der Waals surface area contributed by atoms with Crippen LogP contribution in [0.1, 0.15) is 154 Å². The standard InChI is InChI=1S/C103H143N17O22P2/c1-102(2,49-19-23-61-139-95-75-83(79-29-9-5-10-30-79)73-89(109-95)81-33-13-7-14-34-81)100-113-115-117-119(100)55-21-17-37-92(121)105-51-25-57-133-63-67-137-69-65-135-59-27-53-107-94(123)48-47-88(111-99(126)91(72-78-41-45-86(46-42-78)142-144(130,131)132)112-97(124)87(104)71-77-39-43-85(44-40-77)141-143(127,128)129)98(125)108-54-28-60-136-66-70-138-68-64-134-58-26-52-106-93(122)38-18-22-56-120-101(114-116-118-120)103(3,4)50-20-24-62-140-96-76-84(80-31-11-6-12-32-80)74-90(110-96)82-35-15-8-16-36-82/h5-16,29-36,39-46,73-76,87-88,91,115-118H,17-28,37-38,47-72,104H2,1-4H3,(H,105,121)(H,106,122)(H,107,123)(H,108,125)(H,111,126)(H,112,124)(H2,127,128,129)(H2,130,131,132)/t87-,88+,91-/m1/s1. The van der Waals surface area contributed by atoms with Crippen LogP contribution in [0.5, 0.6) is 23.3 Å². The lowest BCUT2D eigenvalue weighted by atomic mass is 9.85. The number of benzene rings is 6. The SMILES string of the molecule is CC(C)(CCCCOc1cc(-c2ccccc2)cc(-c2ccccc2)n1)C1=NNNN1CCCCC(=O)NCCCOCCOCCOCCCNC(=O)CC[C@H](NC(=O)[C@@H](Cc1ccc(OP(=O)(O)O)cc1)NC(=O)[C@H](N)Cc1ccc(OP(=O)(O)O)cc1)C(=O)NCCCOCCOCCOCCCNC(=O)CCCCN1NNN=C1C(C)(C)CCCCOc1cc(-c2ccccc2)cc(-c2ccccc2)n1. The molecule has 41 heteroatoms. The number of aromatic nitrogens is 2. The maximum atomic E-state index is 14.5. The summed E-state index contributed by atoms with van der Waals surface area (Å²) in [6.07, 6.45) is 10.3. The number of hydrogen-bond acceptors (Lipinski definition) is 29. The molecule has 2 aliphatic heterocycles. The fourth-order valence-electron chi connectivity index (χ4n) is 15.8. The van der Waals surface area contributed by atoms with Crippen molar-refractivity contribution in [1.82, 2.24) is 74.0 Å². The van der Waals surface area contributed by atoms with Crippen molar-refractivity contribution in [3.8, 4) is 68.0 Å². The van der Waals surface area contributed by atoms with Crippen molar-refractivity contribution in [2.75, 3.05) is 132 Å². The Bertz CT molecular complexity index is 5240. The zero-order valence-electron chi connectivity index (χ0n) is 82.8. The van der Waals surface area contributed by atoms with E-state index in [9.17, 15) is 57.5 Å². The molecular weight excluding hydrogens is 1890 g/mol. The number of pyridine rings is 2. The van der Waals surface area contributed by atoms with Gasteiger partial charge in [0.15, 0.2) is 0 Å². The maximum Gasteiger partial charge on any atom is 0.524 e. The molecule has 16 N–H and O–H groups in total. The van der Waals surface area contributed by atoms with Gasteiger partial charge in [-0.3, -0.25) is 58.4 Å². The maximum absolute atomic E-state index is 14.5. The first-order chi connectivity index (χ1) is 69.6. The third kappa shape index (κ3) is 43.6. The van der Waals surface area contributed by atoms with Gasteiger partial charge in [0, 0.05) is 125 Å². The van der Waals surface area contributed by atoms with E-state index in [2.05, 4.69) is 145 Å². The van der Waals surface area contributed by atoms with Crippen LogP contribution < -0.4 is 78.3 Å². The summed E-state index contributed by atoms with van der Waals surface area (Å²) in [5.41, 5.74) is 26.9. The second kappa shape index (κ2) is 62.1. The second-order valence-electron chi connectivity index (χ2n) is 36.1. The monoisotopic (exact) mass is 2030 g/mol. The van der Waals surface area contributed by atoms with Crippen LogP contribution in [-0.2, 0) is 79.2 Å². The first kappa shape index (κ1) is 114. The third-order valence-corrected chi connectivity index (χ3v) is 24.3. The summed E-state index contributed by atoms with van der Waals surface area (Å²) in [6, 6.07) is 55.6. The van der Waals surface area contributed by atoms with E-state index in [0.717, 1.165) is 108 Å². The lowest BCUT2D eigenvalue weighted by Gasteiger charge is -2.30. The molecule has 782 valence electrons. The minimum Gasteiger partial charge on any atom is -0.478 e. The Morgan fingerprint density at radius 2 is 0.729 bits per heavy atom. The van der Waals surface area contributed by atoms with E-state index in [1.54, 1.807) is 0 Å². The first-order valence-electron chi connectivity index (χ1n) is 49.4.